The predicted molar refractivity (Wildman–Crippen MR) is 80.0 cm³/mol. The molecule has 0 saturated heterocycles. The maximum absolute atomic E-state index is 11.5. The highest BCUT2D eigenvalue weighted by Crippen LogP contribution is 2.15. The van der Waals surface area contributed by atoms with Crippen molar-refractivity contribution in [1.82, 2.24) is 16.0 Å². The summed E-state index contributed by atoms with van der Waals surface area (Å²) in [5.74, 6) is 0.166. The first-order valence-electron chi connectivity index (χ1n) is 6.55. The number of rotatable bonds is 6. The summed E-state index contributed by atoms with van der Waals surface area (Å²) in [6, 6.07) is 8.06. The fourth-order valence-corrected chi connectivity index (χ4v) is 1.57. The lowest BCUT2D eigenvalue weighted by molar-refractivity contribution is -0.131. The number of carbonyl (C=O) groups is 2. The molecule has 0 saturated carbocycles. The Morgan fingerprint density at radius 2 is 1.74 bits per heavy atom. The lowest BCUT2D eigenvalue weighted by Crippen LogP contribution is -2.45. The van der Waals surface area contributed by atoms with Gasteiger partial charge in [-0.1, -0.05) is 11.6 Å². The maximum atomic E-state index is 11.5. The summed E-state index contributed by atoms with van der Waals surface area (Å²) in [6.45, 7) is 1.12. The van der Waals surface area contributed by atoms with Gasteiger partial charge in [-0.15, -0.1) is 0 Å². The molecule has 2 rings (SSSR count). The highest BCUT2D eigenvalue weighted by molar-refractivity contribution is 6.30. The SMILES string of the molecule is Cc1cc(OCC(=O)NNC(=O)COc2ccc(Cl)cc2)no1. The minimum atomic E-state index is -0.550. The first kappa shape index (κ1) is 16.6. The van der Waals surface area contributed by atoms with E-state index in [1.165, 1.54) is 6.07 Å². The van der Waals surface area contributed by atoms with E-state index in [9.17, 15) is 9.59 Å². The van der Waals surface area contributed by atoms with Gasteiger partial charge in [0.05, 0.1) is 0 Å². The van der Waals surface area contributed by atoms with E-state index in [2.05, 4.69) is 16.0 Å². The first-order chi connectivity index (χ1) is 11.0. The van der Waals surface area contributed by atoms with Crippen LogP contribution in [0.25, 0.3) is 0 Å². The van der Waals surface area contributed by atoms with E-state index in [0.29, 0.717) is 16.5 Å². The maximum Gasteiger partial charge on any atom is 0.276 e. The number of hydrogen-bond donors (Lipinski definition) is 2. The Labute approximate surface area is 136 Å². The van der Waals surface area contributed by atoms with Crippen molar-refractivity contribution >= 4 is 23.4 Å². The molecule has 0 atom stereocenters. The van der Waals surface area contributed by atoms with Gasteiger partial charge >= 0.3 is 0 Å². The van der Waals surface area contributed by atoms with Crippen molar-refractivity contribution < 1.29 is 23.6 Å². The average Bonchev–Trinajstić information content (AvgIpc) is 2.96. The standard InChI is InChI=1S/C14H14ClN3O5/c1-9-6-14(18-23-9)22-8-13(20)17-16-12(19)7-21-11-4-2-10(15)3-5-11/h2-6H,7-8H2,1H3,(H,16,19)(H,17,20). The quantitative estimate of drug-likeness (QED) is 0.768. The van der Waals surface area contributed by atoms with Crippen molar-refractivity contribution in [2.75, 3.05) is 13.2 Å². The molecule has 0 unspecified atom stereocenters. The van der Waals surface area contributed by atoms with Crippen LogP contribution < -0.4 is 20.3 Å². The van der Waals surface area contributed by atoms with Crippen molar-refractivity contribution in [1.29, 1.82) is 0 Å². The predicted octanol–water partition coefficient (Wildman–Crippen LogP) is 1.24. The van der Waals surface area contributed by atoms with Crippen molar-refractivity contribution in [3.8, 4) is 11.6 Å². The number of hydrazine groups is 1. The van der Waals surface area contributed by atoms with Crippen LogP contribution in [0.5, 0.6) is 11.6 Å². The zero-order chi connectivity index (χ0) is 16.7. The number of nitrogens with zero attached hydrogens (tertiary/aromatic N) is 1. The smallest absolute Gasteiger partial charge is 0.276 e. The lowest BCUT2D eigenvalue weighted by Gasteiger charge is -2.08. The van der Waals surface area contributed by atoms with Crippen molar-refractivity contribution in [2.45, 2.75) is 6.92 Å². The average molecular weight is 340 g/mol. The molecule has 0 aliphatic rings. The molecule has 0 aliphatic carbocycles. The van der Waals surface area contributed by atoms with E-state index in [0.717, 1.165) is 0 Å². The number of benzene rings is 1. The number of carbonyl (C=O) groups excluding carboxylic acids is 2. The first-order valence-corrected chi connectivity index (χ1v) is 6.93. The third-order valence-electron chi connectivity index (χ3n) is 2.48. The minimum absolute atomic E-state index is 0.190. The molecular weight excluding hydrogens is 326 g/mol. The normalized spacial score (nSPS) is 10.0. The van der Waals surface area contributed by atoms with Gasteiger partial charge in [-0.25, -0.2) is 0 Å². The summed E-state index contributed by atoms with van der Waals surface area (Å²) >= 11 is 5.73. The molecule has 8 nitrogen and oxygen atoms in total. The van der Waals surface area contributed by atoms with E-state index < -0.39 is 11.8 Å². The van der Waals surface area contributed by atoms with Gasteiger partial charge in [0, 0.05) is 11.1 Å². The fraction of sp³-hybridized carbons (Fsp3) is 0.214. The van der Waals surface area contributed by atoms with Gasteiger partial charge in [-0.2, -0.15) is 0 Å². The molecule has 1 aromatic carbocycles. The van der Waals surface area contributed by atoms with Crippen LogP contribution in [0, 0.1) is 6.92 Å². The summed E-state index contributed by atoms with van der Waals surface area (Å²) in [7, 11) is 0. The summed E-state index contributed by atoms with van der Waals surface area (Å²) < 4.78 is 15.0. The van der Waals surface area contributed by atoms with Crippen LogP contribution in [-0.2, 0) is 9.59 Å². The number of hydrogen-bond acceptors (Lipinski definition) is 6. The Balaban J connectivity index is 1.63. The van der Waals surface area contributed by atoms with Crippen molar-refractivity contribution in [3.05, 3.63) is 41.1 Å². The Morgan fingerprint density at radius 3 is 2.30 bits per heavy atom. The van der Waals surface area contributed by atoms with E-state index in [4.69, 9.17) is 25.6 Å². The summed E-state index contributed by atoms with van der Waals surface area (Å²) in [5, 5.41) is 4.12. The van der Waals surface area contributed by atoms with Gasteiger partial charge in [0.25, 0.3) is 17.7 Å². The van der Waals surface area contributed by atoms with Crippen LogP contribution >= 0.6 is 11.6 Å². The number of aromatic nitrogens is 1. The molecule has 1 heterocycles. The highest BCUT2D eigenvalue weighted by atomic mass is 35.5. The molecular formula is C14H14ClN3O5. The largest absolute Gasteiger partial charge is 0.484 e. The highest BCUT2D eigenvalue weighted by Gasteiger charge is 2.08. The molecule has 9 heteroatoms. The third kappa shape index (κ3) is 5.87. The zero-order valence-corrected chi connectivity index (χ0v) is 12.9. The van der Waals surface area contributed by atoms with E-state index >= 15 is 0 Å². The van der Waals surface area contributed by atoms with Gasteiger partial charge < -0.3 is 14.0 Å². The van der Waals surface area contributed by atoms with E-state index in [1.807, 2.05) is 0 Å². The Kier molecular flexibility index (Phi) is 5.81. The molecule has 122 valence electrons. The number of amides is 2. The molecule has 2 N–H and O–H groups in total. The van der Waals surface area contributed by atoms with Crippen LogP contribution in [0.3, 0.4) is 0 Å². The molecule has 0 fully saturated rings. The second-order valence-corrected chi connectivity index (χ2v) is 4.84. The molecule has 0 bridgehead atoms. The Bertz CT molecular complexity index is 671. The van der Waals surface area contributed by atoms with Gasteiger partial charge in [0.15, 0.2) is 13.2 Å². The minimum Gasteiger partial charge on any atom is -0.484 e. The van der Waals surface area contributed by atoms with Gasteiger partial charge in [-0.05, 0) is 36.3 Å². The number of ether oxygens (including phenoxy) is 2. The topological polar surface area (TPSA) is 103 Å². The Morgan fingerprint density at radius 1 is 1.13 bits per heavy atom. The van der Waals surface area contributed by atoms with Gasteiger partial charge in [0.1, 0.15) is 11.5 Å². The number of nitrogens with one attached hydrogen (secondary N) is 2. The molecule has 23 heavy (non-hydrogen) atoms. The molecule has 2 aromatic rings. The van der Waals surface area contributed by atoms with Gasteiger partial charge in [-0.3, -0.25) is 20.4 Å². The van der Waals surface area contributed by atoms with Crippen LogP contribution in [0.4, 0.5) is 0 Å². The molecule has 0 aliphatic heterocycles. The Hall–Kier alpha value is -2.74. The third-order valence-corrected chi connectivity index (χ3v) is 2.73. The van der Waals surface area contributed by atoms with Crippen LogP contribution in [-0.4, -0.2) is 30.2 Å². The summed E-state index contributed by atoms with van der Waals surface area (Å²) in [4.78, 5) is 23.0. The van der Waals surface area contributed by atoms with E-state index in [1.54, 1.807) is 31.2 Å². The lowest BCUT2D eigenvalue weighted by atomic mass is 10.3. The second-order valence-electron chi connectivity index (χ2n) is 4.40. The molecule has 2 amide bonds. The van der Waals surface area contributed by atoms with E-state index in [-0.39, 0.29) is 19.1 Å². The summed E-state index contributed by atoms with van der Waals surface area (Å²) in [5.41, 5.74) is 4.37. The van der Waals surface area contributed by atoms with Crippen molar-refractivity contribution in [2.24, 2.45) is 0 Å². The zero-order valence-electron chi connectivity index (χ0n) is 12.2. The van der Waals surface area contributed by atoms with Crippen LogP contribution in [0.2, 0.25) is 5.02 Å². The molecule has 0 radical (unpaired) electrons. The molecule has 0 spiro atoms. The van der Waals surface area contributed by atoms with Gasteiger partial charge in [0.2, 0.25) is 0 Å². The monoisotopic (exact) mass is 339 g/mol. The molecule has 1 aromatic heterocycles. The fourth-order valence-electron chi connectivity index (χ4n) is 1.44. The number of halogens is 1. The number of aryl methyl sites for hydroxylation is 1. The second kappa shape index (κ2) is 8.04. The van der Waals surface area contributed by atoms with Crippen LogP contribution in [0.15, 0.2) is 34.9 Å². The van der Waals surface area contributed by atoms with Crippen molar-refractivity contribution in [3.63, 3.8) is 0 Å². The summed E-state index contributed by atoms with van der Waals surface area (Å²) in [6.07, 6.45) is 0. The van der Waals surface area contributed by atoms with Crippen LogP contribution in [0.1, 0.15) is 5.76 Å².